The van der Waals surface area contributed by atoms with Gasteiger partial charge in [-0.05, 0) is 37.0 Å². The van der Waals surface area contributed by atoms with Crippen molar-refractivity contribution < 1.29 is 4.74 Å². The number of rotatable bonds is 4. The summed E-state index contributed by atoms with van der Waals surface area (Å²) in [6.07, 6.45) is 7.36. The molecule has 1 aromatic heterocycles. The van der Waals surface area contributed by atoms with Gasteiger partial charge in [-0.25, -0.2) is 0 Å². The number of ether oxygens (including phenoxy) is 1. The molecule has 1 aromatic carbocycles. The molecule has 0 spiro atoms. The summed E-state index contributed by atoms with van der Waals surface area (Å²) < 4.78 is 7.85. The van der Waals surface area contributed by atoms with E-state index in [4.69, 9.17) is 4.74 Å². The third kappa shape index (κ3) is 2.88. The average molecular weight is 326 g/mol. The highest BCUT2D eigenvalue weighted by molar-refractivity contribution is 5.41. The lowest BCUT2D eigenvalue weighted by atomic mass is 9.99. The Hall–Kier alpha value is -2.01. The Balaban J connectivity index is 1.40. The third-order valence-corrected chi connectivity index (χ3v) is 5.51. The molecule has 2 aromatic rings. The van der Waals surface area contributed by atoms with Crippen molar-refractivity contribution in [3.05, 3.63) is 41.7 Å². The van der Waals surface area contributed by atoms with E-state index in [1.807, 2.05) is 13.2 Å². The second-order valence-electron chi connectivity index (χ2n) is 6.87. The van der Waals surface area contributed by atoms with Gasteiger partial charge in [0.05, 0.1) is 24.5 Å². The van der Waals surface area contributed by atoms with E-state index >= 15 is 0 Å². The predicted molar refractivity (Wildman–Crippen MR) is 95.7 cm³/mol. The van der Waals surface area contributed by atoms with Gasteiger partial charge >= 0.3 is 0 Å². The van der Waals surface area contributed by atoms with E-state index in [2.05, 4.69) is 51.3 Å². The highest BCUT2D eigenvalue weighted by atomic mass is 16.5. The zero-order valence-corrected chi connectivity index (χ0v) is 14.5. The molecule has 4 rings (SSSR count). The van der Waals surface area contributed by atoms with Crippen LogP contribution in [0.5, 0.6) is 5.75 Å². The number of likely N-dealkylation sites (tertiary alicyclic amines) is 1. The van der Waals surface area contributed by atoms with Crippen molar-refractivity contribution in [2.24, 2.45) is 0 Å². The van der Waals surface area contributed by atoms with Crippen LogP contribution in [-0.4, -0.2) is 41.4 Å². The van der Waals surface area contributed by atoms with Crippen molar-refractivity contribution in [3.63, 3.8) is 0 Å². The summed E-state index contributed by atoms with van der Waals surface area (Å²) in [5.74, 6) is 1.09. The van der Waals surface area contributed by atoms with E-state index < -0.39 is 0 Å². The van der Waals surface area contributed by atoms with Crippen LogP contribution in [-0.2, 0) is 6.42 Å². The van der Waals surface area contributed by atoms with Gasteiger partial charge in [0, 0.05) is 38.8 Å². The molecule has 1 saturated heterocycles. The van der Waals surface area contributed by atoms with Crippen LogP contribution in [0.3, 0.4) is 0 Å². The molecule has 0 bridgehead atoms. The van der Waals surface area contributed by atoms with Crippen molar-refractivity contribution in [2.45, 2.75) is 38.3 Å². The van der Waals surface area contributed by atoms with Crippen molar-refractivity contribution in [3.8, 4) is 5.75 Å². The number of anilines is 1. The summed E-state index contributed by atoms with van der Waals surface area (Å²) in [5, 5.41) is 7.65. The molecular weight excluding hydrogens is 300 g/mol. The SMILES string of the molecule is CNc1cnn(C2CCN(C(C)c3ccc4c(c3)OCC4)CC2)c1. The van der Waals surface area contributed by atoms with E-state index in [1.165, 1.54) is 11.1 Å². The molecule has 2 aliphatic heterocycles. The topological polar surface area (TPSA) is 42.3 Å². The van der Waals surface area contributed by atoms with Gasteiger partial charge in [-0.1, -0.05) is 12.1 Å². The smallest absolute Gasteiger partial charge is 0.122 e. The minimum absolute atomic E-state index is 0.436. The summed E-state index contributed by atoms with van der Waals surface area (Å²) >= 11 is 0. The first kappa shape index (κ1) is 15.5. The van der Waals surface area contributed by atoms with Gasteiger partial charge in [-0.3, -0.25) is 9.58 Å². The third-order valence-electron chi connectivity index (χ3n) is 5.51. The quantitative estimate of drug-likeness (QED) is 0.936. The van der Waals surface area contributed by atoms with Gasteiger partial charge in [0.15, 0.2) is 0 Å². The van der Waals surface area contributed by atoms with Crippen LogP contribution >= 0.6 is 0 Å². The fourth-order valence-corrected chi connectivity index (χ4v) is 3.86. The maximum atomic E-state index is 5.73. The molecule has 1 N–H and O–H groups in total. The summed E-state index contributed by atoms with van der Waals surface area (Å²) in [6.45, 7) is 5.36. The first-order valence-electron chi connectivity index (χ1n) is 8.96. The molecule has 0 saturated carbocycles. The standard InChI is InChI=1S/C19H26N4O/c1-14(16-4-3-15-7-10-24-19(15)11-16)22-8-5-18(6-9-22)23-13-17(20-2)12-21-23/h3-4,11-14,18,20H,5-10H2,1-2H3. The Bertz CT molecular complexity index is 703. The normalized spacial score (nSPS) is 19.8. The molecule has 1 fully saturated rings. The van der Waals surface area contributed by atoms with E-state index in [-0.39, 0.29) is 0 Å². The second-order valence-corrected chi connectivity index (χ2v) is 6.87. The van der Waals surface area contributed by atoms with Crippen LogP contribution in [0.2, 0.25) is 0 Å². The molecule has 1 atom stereocenters. The number of nitrogens with one attached hydrogen (secondary N) is 1. The first-order chi connectivity index (χ1) is 11.7. The molecule has 3 heterocycles. The number of nitrogens with zero attached hydrogens (tertiary/aromatic N) is 3. The van der Waals surface area contributed by atoms with Crippen LogP contribution < -0.4 is 10.1 Å². The van der Waals surface area contributed by atoms with E-state index in [9.17, 15) is 0 Å². The molecule has 24 heavy (non-hydrogen) atoms. The minimum Gasteiger partial charge on any atom is -0.493 e. The average Bonchev–Trinajstić information content (AvgIpc) is 3.29. The zero-order chi connectivity index (χ0) is 16.5. The Labute approximate surface area is 143 Å². The van der Waals surface area contributed by atoms with Crippen LogP contribution in [0.25, 0.3) is 0 Å². The fourth-order valence-electron chi connectivity index (χ4n) is 3.86. The predicted octanol–water partition coefficient (Wildman–Crippen LogP) is 3.26. The Morgan fingerprint density at radius 1 is 1.29 bits per heavy atom. The number of aromatic nitrogens is 2. The summed E-state index contributed by atoms with van der Waals surface area (Å²) in [5.41, 5.74) is 3.80. The first-order valence-corrected chi connectivity index (χ1v) is 8.96. The molecule has 0 aliphatic carbocycles. The fraction of sp³-hybridized carbons (Fsp3) is 0.526. The Kier molecular flexibility index (Phi) is 4.19. The Morgan fingerprint density at radius 3 is 2.88 bits per heavy atom. The van der Waals surface area contributed by atoms with Crippen molar-refractivity contribution in [1.82, 2.24) is 14.7 Å². The van der Waals surface area contributed by atoms with Crippen LogP contribution in [0.1, 0.15) is 43.0 Å². The summed E-state index contributed by atoms with van der Waals surface area (Å²) in [6, 6.07) is 7.71. The maximum absolute atomic E-state index is 5.73. The van der Waals surface area contributed by atoms with Gasteiger partial charge in [-0.2, -0.15) is 5.10 Å². The molecule has 1 unspecified atom stereocenters. The van der Waals surface area contributed by atoms with Crippen molar-refractivity contribution in [1.29, 1.82) is 0 Å². The summed E-state index contributed by atoms with van der Waals surface area (Å²) in [4.78, 5) is 2.58. The van der Waals surface area contributed by atoms with Gasteiger partial charge in [0.2, 0.25) is 0 Å². The molecule has 2 aliphatic rings. The number of hydrogen-bond donors (Lipinski definition) is 1. The Morgan fingerprint density at radius 2 is 2.12 bits per heavy atom. The van der Waals surface area contributed by atoms with E-state index in [0.717, 1.165) is 50.4 Å². The number of hydrogen-bond acceptors (Lipinski definition) is 4. The summed E-state index contributed by atoms with van der Waals surface area (Å²) in [7, 11) is 1.94. The number of piperidine rings is 1. The highest BCUT2D eigenvalue weighted by Gasteiger charge is 2.25. The molecule has 0 radical (unpaired) electrons. The van der Waals surface area contributed by atoms with E-state index in [1.54, 1.807) is 0 Å². The van der Waals surface area contributed by atoms with Gasteiger partial charge in [-0.15, -0.1) is 0 Å². The molecule has 5 nitrogen and oxygen atoms in total. The monoisotopic (exact) mass is 326 g/mol. The molecule has 128 valence electrons. The van der Waals surface area contributed by atoms with Crippen molar-refractivity contribution in [2.75, 3.05) is 32.1 Å². The van der Waals surface area contributed by atoms with E-state index in [0.29, 0.717) is 12.1 Å². The minimum atomic E-state index is 0.436. The number of benzene rings is 1. The van der Waals surface area contributed by atoms with Gasteiger partial charge in [0.1, 0.15) is 5.75 Å². The van der Waals surface area contributed by atoms with Crippen LogP contribution in [0.4, 0.5) is 5.69 Å². The van der Waals surface area contributed by atoms with Crippen LogP contribution in [0, 0.1) is 0 Å². The highest BCUT2D eigenvalue weighted by Crippen LogP contribution is 2.33. The lowest BCUT2D eigenvalue weighted by Crippen LogP contribution is -2.36. The molecule has 0 amide bonds. The molecule has 5 heteroatoms. The lowest BCUT2D eigenvalue weighted by molar-refractivity contribution is 0.139. The largest absolute Gasteiger partial charge is 0.493 e. The second kappa shape index (κ2) is 6.48. The van der Waals surface area contributed by atoms with Crippen molar-refractivity contribution >= 4 is 5.69 Å². The lowest BCUT2D eigenvalue weighted by Gasteiger charge is -2.36. The zero-order valence-electron chi connectivity index (χ0n) is 14.5. The maximum Gasteiger partial charge on any atom is 0.122 e. The molecular formula is C19H26N4O. The van der Waals surface area contributed by atoms with Crippen LogP contribution in [0.15, 0.2) is 30.6 Å². The van der Waals surface area contributed by atoms with Gasteiger partial charge in [0.25, 0.3) is 0 Å². The van der Waals surface area contributed by atoms with Gasteiger partial charge < -0.3 is 10.1 Å². The number of fused-ring (bicyclic) bond motifs is 1.